The standard InChI is InChI=1S/C15H22N2OS/c1-11(19-13-6-4-3-5-7-13)10-15(2,14(16)18)17-12-8-9-12/h3-7,11-12,17H,8-10H2,1-2H3,(H2,16,18). The molecule has 1 aliphatic rings. The normalized spacial score (nSPS) is 19.7. The van der Waals surface area contributed by atoms with Gasteiger partial charge in [0.25, 0.3) is 0 Å². The van der Waals surface area contributed by atoms with Gasteiger partial charge in [-0.15, -0.1) is 11.8 Å². The summed E-state index contributed by atoms with van der Waals surface area (Å²) in [5, 5.41) is 3.73. The molecule has 4 heteroatoms. The summed E-state index contributed by atoms with van der Waals surface area (Å²) in [7, 11) is 0. The first kappa shape index (κ1) is 14.4. The molecule has 1 fully saturated rings. The molecule has 2 rings (SSSR count). The van der Waals surface area contributed by atoms with E-state index in [1.807, 2.05) is 25.1 Å². The van der Waals surface area contributed by atoms with E-state index in [1.54, 1.807) is 11.8 Å². The molecule has 0 spiro atoms. The second-order valence-corrected chi connectivity index (χ2v) is 7.07. The molecule has 0 saturated heterocycles. The first-order valence-electron chi connectivity index (χ1n) is 6.79. The van der Waals surface area contributed by atoms with Crippen molar-refractivity contribution in [2.24, 2.45) is 5.73 Å². The number of primary amides is 1. The van der Waals surface area contributed by atoms with Crippen molar-refractivity contribution >= 4 is 17.7 Å². The molecular weight excluding hydrogens is 256 g/mol. The third kappa shape index (κ3) is 4.25. The molecule has 1 aromatic carbocycles. The zero-order chi connectivity index (χ0) is 13.9. The summed E-state index contributed by atoms with van der Waals surface area (Å²) in [5.74, 6) is -0.250. The van der Waals surface area contributed by atoms with Crippen LogP contribution in [-0.4, -0.2) is 22.7 Å². The highest BCUT2D eigenvalue weighted by Gasteiger charge is 2.38. The molecule has 0 bridgehead atoms. The average molecular weight is 278 g/mol. The van der Waals surface area contributed by atoms with Gasteiger partial charge in [-0.2, -0.15) is 0 Å². The third-order valence-corrected chi connectivity index (χ3v) is 4.53. The number of amides is 1. The van der Waals surface area contributed by atoms with Crippen LogP contribution in [0.4, 0.5) is 0 Å². The molecule has 0 aromatic heterocycles. The van der Waals surface area contributed by atoms with Crippen LogP contribution in [-0.2, 0) is 4.79 Å². The number of carbonyl (C=O) groups excluding carboxylic acids is 1. The van der Waals surface area contributed by atoms with Crippen molar-refractivity contribution in [1.29, 1.82) is 0 Å². The molecular formula is C15H22N2OS. The Morgan fingerprint density at radius 1 is 1.47 bits per heavy atom. The van der Waals surface area contributed by atoms with Crippen molar-refractivity contribution in [2.75, 3.05) is 0 Å². The molecule has 104 valence electrons. The van der Waals surface area contributed by atoms with Gasteiger partial charge in [-0.3, -0.25) is 4.79 Å². The summed E-state index contributed by atoms with van der Waals surface area (Å²) in [6.45, 7) is 4.07. The molecule has 1 aromatic rings. The van der Waals surface area contributed by atoms with Crippen LogP contribution in [0.25, 0.3) is 0 Å². The summed E-state index contributed by atoms with van der Waals surface area (Å²) >= 11 is 1.79. The van der Waals surface area contributed by atoms with Gasteiger partial charge in [0.15, 0.2) is 0 Å². The largest absolute Gasteiger partial charge is 0.368 e. The van der Waals surface area contributed by atoms with Crippen molar-refractivity contribution in [2.45, 2.75) is 54.8 Å². The molecule has 2 unspecified atom stereocenters. The fourth-order valence-corrected chi connectivity index (χ4v) is 3.45. The molecule has 2 atom stereocenters. The Kier molecular flexibility index (Phi) is 4.53. The minimum Gasteiger partial charge on any atom is -0.368 e. The van der Waals surface area contributed by atoms with Gasteiger partial charge in [-0.1, -0.05) is 25.1 Å². The van der Waals surface area contributed by atoms with E-state index in [-0.39, 0.29) is 5.91 Å². The lowest BCUT2D eigenvalue weighted by atomic mass is 9.95. The van der Waals surface area contributed by atoms with E-state index in [0.29, 0.717) is 11.3 Å². The fourth-order valence-electron chi connectivity index (χ4n) is 2.26. The van der Waals surface area contributed by atoms with Gasteiger partial charge in [0.05, 0.1) is 5.54 Å². The zero-order valence-corrected chi connectivity index (χ0v) is 12.4. The van der Waals surface area contributed by atoms with E-state index in [4.69, 9.17) is 5.73 Å². The molecule has 1 saturated carbocycles. The Morgan fingerprint density at radius 3 is 2.63 bits per heavy atom. The van der Waals surface area contributed by atoms with Crippen LogP contribution in [0, 0.1) is 0 Å². The topological polar surface area (TPSA) is 55.1 Å². The second-order valence-electron chi connectivity index (χ2n) is 5.56. The van der Waals surface area contributed by atoms with Crippen LogP contribution in [0.5, 0.6) is 0 Å². The van der Waals surface area contributed by atoms with E-state index in [9.17, 15) is 4.79 Å². The van der Waals surface area contributed by atoms with Gasteiger partial charge in [0.1, 0.15) is 0 Å². The van der Waals surface area contributed by atoms with Crippen molar-refractivity contribution < 1.29 is 4.79 Å². The smallest absolute Gasteiger partial charge is 0.237 e. The Balaban J connectivity index is 1.94. The van der Waals surface area contributed by atoms with Crippen LogP contribution in [0.15, 0.2) is 35.2 Å². The molecule has 19 heavy (non-hydrogen) atoms. The predicted molar refractivity (Wildman–Crippen MR) is 80.1 cm³/mol. The zero-order valence-electron chi connectivity index (χ0n) is 11.6. The SMILES string of the molecule is CC(CC(C)(NC1CC1)C(N)=O)Sc1ccccc1. The quantitative estimate of drug-likeness (QED) is 0.754. The third-order valence-electron chi connectivity index (χ3n) is 3.42. The second kappa shape index (κ2) is 5.97. The van der Waals surface area contributed by atoms with E-state index >= 15 is 0 Å². The Bertz CT molecular complexity index is 433. The van der Waals surface area contributed by atoms with Crippen LogP contribution in [0.2, 0.25) is 0 Å². The lowest BCUT2D eigenvalue weighted by Crippen LogP contribution is -2.55. The number of rotatable bonds is 7. The summed E-state index contributed by atoms with van der Waals surface area (Å²) in [6, 6.07) is 10.7. The van der Waals surface area contributed by atoms with Gasteiger partial charge in [0, 0.05) is 16.2 Å². The average Bonchev–Trinajstić information content (AvgIpc) is 3.13. The monoisotopic (exact) mass is 278 g/mol. The number of hydrogen-bond acceptors (Lipinski definition) is 3. The van der Waals surface area contributed by atoms with Crippen molar-refractivity contribution in [1.82, 2.24) is 5.32 Å². The number of nitrogens with one attached hydrogen (secondary N) is 1. The Hall–Kier alpha value is -1.00. The number of carbonyl (C=O) groups is 1. The van der Waals surface area contributed by atoms with Crippen LogP contribution in [0.1, 0.15) is 33.1 Å². The lowest BCUT2D eigenvalue weighted by Gasteiger charge is -2.30. The highest BCUT2D eigenvalue weighted by Crippen LogP contribution is 2.31. The minimum absolute atomic E-state index is 0.250. The summed E-state index contributed by atoms with van der Waals surface area (Å²) in [4.78, 5) is 13.0. The van der Waals surface area contributed by atoms with Crippen molar-refractivity contribution in [3.63, 3.8) is 0 Å². The lowest BCUT2D eigenvalue weighted by molar-refractivity contribution is -0.124. The first-order valence-corrected chi connectivity index (χ1v) is 7.67. The molecule has 0 radical (unpaired) electrons. The summed E-state index contributed by atoms with van der Waals surface area (Å²) in [5.41, 5.74) is 4.98. The first-order chi connectivity index (χ1) is 8.99. The maximum atomic E-state index is 11.7. The predicted octanol–water partition coefficient (Wildman–Crippen LogP) is 2.55. The molecule has 3 N–H and O–H groups in total. The van der Waals surface area contributed by atoms with Crippen LogP contribution < -0.4 is 11.1 Å². The molecule has 1 aliphatic carbocycles. The van der Waals surface area contributed by atoms with Crippen molar-refractivity contribution in [3.05, 3.63) is 30.3 Å². The fraction of sp³-hybridized carbons (Fsp3) is 0.533. The Morgan fingerprint density at radius 2 is 2.11 bits per heavy atom. The van der Waals surface area contributed by atoms with Crippen LogP contribution >= 0.6 is 11.8 Å². The summed E-state index contributed by atoms with van der Waals surface area (Å²) < 4.78 is 0. The van der Waals surface area contributed by atoms with E-state index < -0.39 is 5.54 Å². The maximum absolute atomic E-state index is 11.7. The number of nitrogens with two attached hydrogens (primary N) is 1. The number of thioether (sulfide) groups is 1. The maximum Gasteiger partial charge on any atom is 0.237 e. The Labute approximate surface area is 119 Å². The van der Waals surface area contributed by atoms with Gasteiger partial charge >= 0.3 is 0 Å². The molecule has 1 amide bonds. The highest BCUT2D eigenvalue weighted by atomic mass is 32.2. The van der Waals surface area contributed by atoms with E-state index in [1.165, 1.54) is 4.90 Å². The van der Waals surface area contributed by atoms with Gasteiger partial charge < -0.3 is 11.1 Å². The van der Waals surface area contributed by atoms with Crippen molar-refractivity contribution in [3.8, 4) is 0 Å². The summed E-state index contributed by atoms with van der Waals surface area (Å²) in [6.07, 6.45) is 3.06. The van der Waals surface area contributed by atoms with Gasteiger partial charge in [-0.25, -0.2) is 0 Å². The molecule has 0 aliphatic heterocycles. The molecule has 3 nitrogen and oxygen atoms in total. The van der Waals surface area contributed by atoms with Gasteiger partial charge in [0.2, 0.25) is 5.91 Å². The van der Waals surface area contributed by atoms with E-state index in [2.05, 4.69) is 24.4 Å². The van der Waals surface area contributed by atoms with E-state index in [0.717, 1.165) is 19.3 Å². The molecule has 0 heterocycles. The number of hydrogen-bond donors (Lipinski definition) is 2. The van der Waals surface area contributed by atoms with Gasteiger partial charge in [-0.05, 0) is 38.3 Å². The van der Waals surface area contributed by atoms with Crippen LogP contribution in [0.3, 0.4) is 0 Å². The number of benzene rings is 1. The minimum atomic E-state index is -0.595. The highest BCUT2D eigenvalue weighted by molar-refractivity contribution is 7.99.